The topological polar surface area (TPSA) is 66.8 Å². The Hall–Kier alpha value is -2.04. The summed E-state index contributed by atoms with van der Waals surface area (Å²) in [6.45, 7) is 2.16. The van der Waals surface area contributed by atoms with E-state index in [1.165, 1.54) is 11.8 Å². The normalized spacial score (nSPS) is 15.7. The Balaban J connectivity index is 2.30. The van der Waals surface area contributed by atoms with Gasteiger partial charge in [-0.05, 0) is 19.1 Å². The van der Waals surface area contributed by atoms with Gasteiger partial charge in [-0.1, -0.05) is 12.1 Å². The average molecular weight is 235 g/mol. The lowest BCUT2D eigenvalue weighted by molar-refractivity contribution is -0.145. The summed E-state index contributed by atoms with van der Waals surface area (Å²) < 4.78 is 5.40. The maximum atomic E-state index is 12.0. The molecule has 90 valence electrons. The number of aliphatic carboxylic acids is 1. The molecule has 0 radical (unpaired) electrons. The fourth-order valence-electron chi connectivity index (χ4n) is 1.74. The number of ether oxygens (including phenoxy) is 1. The summed E-state index contributed by atoms with van der Waals surface area (Å²) in [6, 6.07) is 7.12. The smallest absolute Gasteiger partial charge is 0.315 e. The van der Waals surface area contributed by atoms with Crippen LogP contribution >= 0.6 is 0 Å². The highest BCUT2D eigenvalue weighted by Gasteiger charge is 2.30. The van der Waals surface area contributed by atoms with Crippen molar-refractivity contribution in [3.63, 3.8) is 0 Å². The van der Waals surface area contributed by atoms with Gasteiger partial charge in [0.05, 0.1) is 12.2 Å². The molecule has 1 atom stereocenters. The molecule has 1 N–H and O–H groups in total. The minimum atomic E-state index is -1.11. The lowest BCUT2D eigenvalue weighted by Gasteiger charge is -2.30. The van der Waals surface area contributed by atoms with Gasteiger partial charge in [-0.2, -0.15) is 0 Å². The number of anilines is 1. The van der Waals surface area contributed by atoms with Crippen molar-refractivity contribution in [2.75, 3.05) is 18.1 Å². The molecule has 1 aromatic rings. The lowest BCUT2D eigenvalue weighted by atomic mass is 10.1. The van der Waals surface area contributed by atoms with Crippen molar-refractivity contribution in [3.05, 3.63) is 24.3 Å². The molecule has 0 saturated carbocycles. The Morgan fingerprint density at radius 3 is 2.82 bits per heavy atom. The number of amides is 1. The van der Waals surface area contributed by atoms with E-state index in [2.05, 4.69) is 0 Å². The van der Waals surface area contributed by atoms with Crippen molar-refractivity contribution in [1.29, 1.82) is 0 Å². The highest BCUT2D eigenvalue weighted by molar-refractivity contribution is 6.06. The molecule has 0 bridgehead atoms. The average Bonchev–Trinajstić information content (AvgIpc) is 2.36. The number of nitrogens with zero attached hydrogens (tertiary/aromatic N) is 1. The zero-order valence-electron chi connectivity index (χ0n) is 9.42. The van der Waals surface area contributed by atoms with E-state index in [0.29, 0.717) is 24.6 Å². The van der Waals surface area contributed by atoms with E-state index in [1.54, 1.807) is 18.2 Å². The molecule has 17 heavy (non-hydrogen) atoms. The Morgan fingerprint density at radius 2 is 2.12 bits per heavy atom. The number of benzene rings is 1. The van der Waals surface area contributed by atoms with Gasteiger partial charge in [0, 0.05) is 0 Å². The number of fused-ring (bicyclic) bond motifs is 1. The van der Waals surface area contributed by atoms with E-state index < -0.39 is 17.8 Å². The highest BCUT2D eigenvalue weighted by Crippen LogP contribution is 2.31. The van der Waals surface area contributed by atoms with Gasteiger partial charge >= 0.3 is 5.97 Å². The molecule has 0 saturated heterocycles. The van der Waals surface area contributed by atoms with Gasteiger partial charge in [-0.3, -0.25) is 9.59 Å². The molecule has 1 aliphatic rings. The van der Waals surface area contributed by atoms with Crippen LogP contribution in [0.5, 0.6) is 5.75 Å². The fraction of sp³-hybridized carbons (Fsp3) is 0.333. The highest BCUT2D eigenvalue weighted by atomic mass is 16.5. The molecular weight excluding hydrogens is 222 g/mol. The maximum Gasteiger partial charge on any atom is 0.315 e. The summed E-state index contributed by atoms with van der Waals surface area (Å²) in [5, 5.41) is 8.85. The van der Waals surface area contributed by atoms with Crippen molar-refractivity contribution in [2.24, 2.45) is 5.92 Å². The molecule has 0 fully saturated rings. The van der Waals surface area contributed by atoms with Crippen LogP contribution in [0.3, 0.4) is 0 Å². The number of rotatable bonds is 2. The summed E-state index contributed by atoms with van der Waals surface area (Å²) in [5.41, 5.74) is 0.636. The first-order chi connectivity index (χ1) is 8.11. The zero-order chi connectivity index (χ0) is 12.4. The molecule has 1 aromatic carbocycles. The molecule has 1 amide bonds. The van der Waals surface area contributed by atoms with Crippen molar-refractivity contribution in [1.82, 2.24) is 0 Å². The van der Waals surface area contributed by atoms with E-state index in [-0.39, 0.29) is 0 Å². The van der Waals surface area contributed by atoms with Crippen LogP contribution in [-0.2, 0) is 9.59 Å². The summed E-state index contributed by atoms with van der Waals surface area (Å²) in [6.07, 6.45) is 0. The number of carboxylic acid groups (broad SMARTS) is 1. The van der Waals surface area contributed by atoms with Gasteiger partial charge in [0.15, 0.2) is 0 Å². The second kappa shape index (κ2) is 4.45. The molecule has 0 spiro atoms. The monoisotopic (exact) mass is 235 g/mol. The van der Waals surface area contributed by atoms with Crippen LogP contribution in [-0.4, -0.2) is 30.1 Å². The summed E-state index contributed by atoms with van der Waals surface area (Å²) >= 11 is 0. The SMILES string of the molecule is CC(C(=O)O)C(=O)N1CCOc2ccccc21. The number of hydrogen-bond donors (Lipinski definition) is 1. The number of hydrogen-bond acceptors (Lipinski definition) is 3. The number of carbonyl (C=O) groups excluding carboxylic acids is 1. The number of carboxylic acids is 1. The molecule has 1 aliphatic heterocycles. The zero-order valence-corrected chi connectivity index (χ0v) is 9.42. The minimum Gasteiger partial charge on any atom is -0.490 e. The maximum absolute atomic E-state index is 12.0. The first kappa shape index (κ1) is 11.4. The quantitative estimate of drug-likeness (QED) is 0.780. The van der Waals surface area contributed by atoms with Gasteiger partial charge in [-0.15, -0.1) is 0 Å². The van der Waals surface area contributed by atoms with Crippen LogP contribution < -0.4 is 9.64 Å². The summed E-state index contributed by atoms with van der Waals surface area (Å²) in [7, 11) is 0. The van der Waals surface area contributed by atoms with Gasteiger partial charge in [0.2, 0.25) is 5.91 Å². The number of para-hydroxylation sites is 2. The van der Waals surface area contributed by atoms with E-state index >= 15 is 0 Å². The Morgan fingerprint density at radius 1 is 1.41 bits per heavy atom. The lowest BCUT2D eigenvalue weighted by Crippen LogP contribution is -2.42. The van der Waals surface area contributed by atoms with E-state index in [1.807, 2.05) is 6.07 Å². The van der Waals surface area contributed by atoms with Gasteiger partial charge in [0.25, 0.3) is 0 Å². The van der Waals surface area contributed by atoms with E-state index in [0.717, 1.165) is 0 Å². The van der Waals surface area contributed by atoms with Crippen LogP contribution in [0.1, 0.15) is 6.92 Å². The van der Waals surface area contributed by atoms with Crippen molar-refractivity contribution in [2.45, 2.75) is 6.92 Å². The number of carbonyl (C=O) groups is 2. The van der Waals surface area contributed by atoms with Gasteiger partial charge in [0.1, 0.15) is 18.3 Å². The van der Waals surface area contributed by atoms with Crippen LogP contribution in [0.4, 0.5) is 5.69 Å². The molecule has 5 heteroatoms. The van der Waals surface area contributed by atoms with Crippen molar-refractivity contribution in [3.8, 4) is 5.75 Å². The standard InChI is InChI=1S/C12H13NO4/c1-8(12(15)16)11(14)13-6-7-17-10-5-3-2-4-9(10)13/h2-5,8H,6-7H2,1H3,(H,15,16). The Kier molecular flexibility index (Phi) is 2.99. The molecule has 5 nitrogen and oxygen atoms in total. The third kappa shape index (κ3) is 2.08. The molecule has 0 aliphatic carbocycles. The molecule has 0 aromatic heterocycles. The van der Waals surface area contributed by atoms with Crippen molar-refractivity contribution < 1.29 is 19.4 Å². The Labute approximate surface area is 98.6 Å². The molecular formula is C12H13NO4. The first-order valence-corrected chi connectivity index (χ1v) is 5.37. The largest absolute Gasteiger partial charge is 0.490 e. The predicted octanol–water partition coefficient (Wildman–Crippen LogP) is 1.13. The van der Waals surface area contributed by atoms with Crippen LogP contribution in [0.15, 0.2) is 24.3 Å². The van der Waals surface area contributed by atoms with Gasteiger partial charge < -0.3 is 14.7 Å². The van der Waals surface area contributed by atoms with Crippen LogP contribution in [0, 0.1) is 5.92 Å². The fourth-order valence-corrected chi connectivity index (χ4v) is 1.74. The van der Waals surface area contributed by atoms with Crippen molar-refractivity contribution >= 4 is 17.6 Å². The van der Waals surface area contributed by atoms with E-state index in [4.69, 9.17) is 9.84 Å². The van der Waals surface area contributed by atoms with E-state index in [9.17, 15) is 9.59 Å². The summed E-state index contributed by atoms with van der Waals surface area (Å²) in [4.78, 5) is 24.3. The Bertz CT molecular complexity index is 458. The van der Waals surface area contributed by atoms with Gasteiger partial charge in [-0.25, -0.2) is 0 Å². The first-order valence-electron chi connectivity index (χ1n) is 5.37. The predicted molar refractivity (Wildman–Crippen MR) is 61.1 cm³/mol. The molecule has 1 unspecified atom stereocenters. The molecule has 2 rings (SSSR count). The molecule has 1 heterocycles. The third-order valence-corrected chi connectivity index (χ3v) is 2.74. The minimum absolute atomic E-state index is 0.382. The second-order valence-electron chi connectivity index (χ2n) is 3.87. The third-order valence-electron chi connectivity index (χ3n) is 2.74. The second-order valence-corrected chi connectivity index (χ2v) is 3.87. The van der Waals surface area contributed by atoms with Crippen LogP contribution in [0.25, 0.3) is 0 Å². The summed E-state index contributed by atoms with van der Waals surface area (Å²) in [5.74, 6) is -1.95. The van der Waals surface area contributed by atoms with Crippen LogP contribution in [0.2, 0.25) is 0 Å².